The van der Waals surface area contributed by atoms with Crippen molar-refractivity contribution >= 4 is 17.4 Å². The zero-order valence-electron chi connectivity index (χ0n) is 21.1. The number of benzene rings is 1. The van der Waals surface area contributed by atoms with Crippen LogP contribution in [0.5, 0.6) is 0 Å². The number of morpholine rings is 1. The number of aromatic nitrogens is 2. The third-order valence-electron chi connectivity index (χ3n) is 7.56. The molecule has 0 atom stereocenters. The lowest BCUT2D eigenvalue weighted by Crippen LogP contribution is -2.37. The van der Waals surface area contributed by atoms with E-state index in [1.807, 2.05) is 6.07 Å². The second-order valence-corrected chi connectivity index (χ2v) is 10.00. The van der Waals surface area contributed by atoms with Crippen LogP contribution in [0.4, 0.5) is 20.3 Å². The molecule has 0 saturated carbocycles. The van der Waals surface area contributed by atoms with Gasteiger partial charge in [-0.05, 0) is 68.2 Å². The highest BCUT2D eigenvalue weighted by Crippen LogP contribution is 2.35. The minimum absolute atomic E-state index is 0.118. The van der Waals surface area contributed by atoms with Crippen LogP contribution in [0.15, 0.2) is 30.3 Å². The Bertz CT molecular complexity index is 1390. The maximum Gasteiger partial charge on any atom is 0.251 e. The van der Waals surface area contributed by atoms with Crippen molar-refractivity contribution in [1.29, 1.82) is 0 Å². The number of ether oxygens (including phenoxy) is 1. The molecule has 10 heteroatoms. The highest BCUT2D eigenvalue weighted by molar-refractivity contribution is 5.97. The number of amides is 1. The van der Waals surface area contributed by atoms with Crippen molar-refractivity contribution in [2.45, 2.75) is 25.8 Å². The zero-order chi connectivity index (χ0) is 26.2. The minimum Gasteiger partial charge on any atom is -0.383 e. The van der Waals surface area contributed by atoms with Crippen molar-refractivity contribution in [3.8, 4) is 22.4 Å². The number of carbonyl (C=O) groups is 1. The van der Waals surface area contributed by atoms with Crippen LogP contribution in [0.25, 0.3) is 22.4 Å². The molecule has 2 saturated heterocycles. The average molecular weight is 521 g/mol. The Balaban J connectivity index is 1.42. The molecule has 2 fully saturated rings. The molecule has 1 amide bonds. The van der Waals surface area contributed by atoms with Crippen LogP contribution in [-0.2, 0) is 17.7 Å². The molecule has 1 aromatic carbocycles. The number of hydrogen-bond donors (Lipinski definition) is 2. The van der Waals surface area contributed by atoms with Gasteiger partial charge in [0.05, 0.1) is 35.9 Å². The molecule has 3 aliphatic rings. The molecule has 3 aliphatic heterocycles. The van der Waals surface area contributed by atoms with Crippen molar-refractivity contribution < 1.29 is 18.3 Å². The molecular formula is C28H30F2N6O2. The van der Waals surface area contributed by atoms with E-state index in [1.165, 1.54) is 12.1 Å². The van der Waals surface area contributed by atoms with E-state index in [9.17, 15) is 4.79 Å². The van der Waals surface area contributed by atoms with Crippen molar-refractivity contribution in [3.63, 3.8) is 0 Å². The number of pyridine rings is 2. The fourth-order valence-corrected chi connectivity index (χ4v) is 5.55. The van der Waals surface area contributed by atoms with Gasteiger partial charge in [-0.15, -0.1) is 0 Å². The van der Waals surface area contributed by atoms with Crippen molar-refractivity contribution in [3.05, 3.63) is 58.9 Å². The summed E-state index contributed by atoms with van der Waals surface area (Å²) in [6.07, 6.45) is 2.88. The summed E-state index contributed by atoms with van der Waals surface area (Å²) in [7, 11) is 0. The third kappa shape index (κ3) is 4.69. The van der Waals surface area contributed by atoms with Gasteiger partial charge in [-0.1, -0.05) is 0 Å². The van der Waals surface area contributed by atoms with Crippen molar-refractivity contribution in [2.24, 2.45) is 0 Å². The number of rotatable bonds is 5. The topological polar surface area (TPSA) is 96.6 Å². The zero-order valence-corrected chi connectivity index (χ0v) is 21.1. The van der Waals surface area contributed by atoms with E-state index in [-0.39, 0.29) is 28.4 Å². The fraction of sp³-hybridized carbons (Fsp3) is 0.393. The number of anilines is 2. The van der Waals surface area contributed by atoms with E-state index < -0.39 is 11.8 Å². The van der Waals surface area contributed by atoms with Crippen LogP contribution < -0.4 is 16.0 Å². The third-order valence-corrected chi connectivity index (χ3v) is 7.56. The van der Waals surface area contributed by atoms with E-state index in [2.05, 4.69) is 20.1 Å². The average Bonchev–Trinajstić information content (AvgIpc) is 3.43. The number of nitrogens with one attached hydrogen (secondary N) is 1. The Labute approximate surface area is 219 Å². The number of nitrogens with two attached hydrogens (primary N) is 1. The number of hydrogen-bond acceptors (Lipinski definition) is 7. The number of halogens is 2. The molecule has 3 N–H and O–H groups in total. The highest BCUT2D eigenvalue weighted by Gasteiger charge is 2.24. The quantitative estimate of drug-likeness (QED) is 0.498. The monoisotopic (exact) mass is 520 g/mol. The Hall–Kier alpha value is -3.63. The van der Waals surface area contributed by atoms with E-state index in [4.69, 9.17) is 15.5 Å². The molecule has 2 aromatic heterocycles. The van der Waals surface area contributed by atoms with Gasteiger partial charge in [0.15, 0.2) is 0 Å². The van der Waals surface area contributed by atoms with Crippen LogP contribution in [0.1, 0.15) is 34.5 Å². The van der Waals surface area contributed by atoms with Gasteiger partial charge >= 0.3 is 0 Å². The van der Waals surface area contributed by atoms with Crippen LogP contribution in [0, 0.1) is 11.8 Å². The summed E-state index contributed by atoms with van der Waals surface area (Å²) >= 11 is 0. The number of likely N-dealkylation sites (tertiary alicyclic amines) is 1. The molecule has 5 heterocycles. The second kappa shape index (κ2) is 10.3. The van der Waals surface area contributed by atoms with E-state index >= 15 is 8.78 Å². The number of fused-ring (bicyclic) bond motifs is 1. The first-order valence-electron chi connectivity index (χ1n) is 13.1. The van der Waals surface area contributed by atoms with Crippen molar-refractivity contribution in [1.82, 2.24) is 20.2 Å². The van der Waals surface area contributed by atoms with Crippen LogP contribution in [0.3, 0.4) is 0 Å². The summed E-state index contributed by atoms with van der Waals surface area (Å²) in [6, 6.07) is 8.11. The predicted octanol–water partition coefficient (Wildman–Crippen LogP) is 3.39. The largest absolute Gasteiger partial charge is 0.383 e. The van der Waals surface area contributed by atoms with E-state index in [0.717, 1.165) is 56.0 Å². The standard InChI is InChI=1S/C28H30F2N6O2/c29-22-15-18-17(5-6-32-28(18)37)13-19(22)20-14-21(26(30)34-27(20)31)23-3-4-25(36-9-11-38-12-10-36)24(33-23)16-35-7-1-2-8-35/h3-4,13-15H,1-2,5-12,16H2,(H2,31,34)(H,32,37). The molecule has 3 aromatic rings. The van der Waals surface area contributed by atoms with Gasteiger partial charge in [-0.25, -0.2) is 14.4 Å². The Morgan fingerprint density at radius 1 is 0.947 bits per heavy atom. The summed E-state index contributed by atoms with van der Waals surface area (Å²) in [5.41, 5.74) is 10.0. The summed E-state index contributed by atoms with van der Waals surface area (Å²) in [4.78, 5) is 25.6. The van der Waals surface area contributed by atoms with Crippen LogP contribution >= 0.6 is 0 Å². The first kappa shape index (κ1) is 24.7. The molecule has 38 heavy (non-hydrogen) atoms. The summed E-state index contributed by atoms with van der Waals surface area (Å²) < 4.78 is 36.0. The lowest BCUT2D eigenvalue weighted by atomic mass is 9.93. The maximum atomic E-state index is 15.2. The lowest BCUT2D eigenvalue weighted by molar-refractivity contribution is 0.0945. The number of nitrogens with zero attached hydrogens (tertiary/aromatic N) is 4. The molecule has 0 radical (unpaired) electrons. The molecule has 6 rings (SSSR count). The maximum absolute atomic E-state index is 15.2. The number of nitrogen functional groups attached to an aromatic ring is 1. The van der Waals surface area contributed by atoms with Gasteiger partial charge in [0.25, 0.3) is 5.91 Å². The van der Waals surface area contributed by atoms with Crippen LogP contribution in [-0.4, -0.2) is 66.7 Å². The fourth-order valence-electron chi connectivity index (χ4n) is 5.55. The smallest absolute Gasteiger partial charge is 0.251 e. The van der Waals surface area contributed by atoms with Gasteiger partial charge in [-0.2, -0.15) is 4.39 Å². The lowest BCUT2D eigenvalue weighted by Gasteiger charge is -2.31. The second-order valence-electron chi connectivity index (χ2n) is 10.00. The van der Waals surface area contributed by atoms with Gasteiger partial charge in [0.2, 0.25) is 5.95 Å². The minimum atomic E-state index is -0.761. The van der Waals surface area contributed by atoms with Crippen molar-refractivity contribution in [2.75, 3.05) is 56.6 Å². The molecule has 0 spiro atoms. The number of carbonyl (C=O) groups excluding carboxylic acids is 1. The van der Waals surface area contributed by atoms with E-state index in [1.54, 1.807) is 12.1 Å². The van der Waals surface area contributed by atoms with Gasteiger partial charge in [0, 0.05) is 42.9 Å². The first-order valence-corrected chi connectivity index (χ1v) is 13.1. The first-order chi connectivity index (χ1) is 18.5. The Kier molecular flexibility index (Phi) is 6.67. The SMILES string of the molecule is Nc1nc(F)c(-c2ccc(N3CCOCC3)c(CN3CCCC3)n2)cc1-c1cc2c(cc1F)C(=O)NCC2. The Morgan fingerprint density at radius 2 is 1.74 bits per heavy atom. The molecule has 0 unspecified atom stereocenters. The van der Waals surface area contributed by atoms with E-state index in [0.29, 0.717) is 44.0 Å². The predicted molar refractivity (Wildman–Crippen MR) is 141 cm³/mol. The normalized spacial score (nSPS) is 17.9. The molecule has 0 aliphatic carbocycles. The molecule has 0 bridgehead atoms. The summed E-state index contributed by atoms with van der Waals surface area (Å²) in [5.74, 6) is -1.80. The van der Waals surface area contributed by atoms with Gasteiger partial charge in [0.1, 0.15) is 11.6 Å². The molecule has 8 nitrogen and oxygen atoms in total. The Morgan fingerprint density at radius 3 is 2.53 bits per heavy atom. The van der Waals surface area contributed by atoms with Gasteiger partial charge in [-0.3, -0.25) is 9.69 Å². The molecule has 198 valence electrons. The highest BCUT2D eigenvalue weighted by atomic mass is 19.1. The van der Waals surface area contributed by atoms with Crippen LogP contribution in [0.2, 0.25) is 0 Å². The van der Waals surface area contributed by atoms with Gasteiger partial charge < -0.3 is 20.7 Å². The summed E-state index contributed by atoms with van der Waals surface area (Å²) in [6.45, 7) is 5.99. The summed E-state index contributed by atoms with van der Waals surface area (Å²) in [5, 5.41) is 2.72. The molecular weight excluding hydrogens is 490 g/mol.